The van der Waals surface area contributed by atoms with E-state index in [4.69, 9.17) is 26.4 Å². The van der Waals surface area contributed by atoms with Crippen LogP contribution in [0, 0.1) is 0 Å². The molecule has 2 amide bonds. The van der Waals surface area contributed by atoms with E-state index in [-0.39, 0.29) is 18.3 Å². The van der Waals surface area contributed by atoms with E-state index in [0.29, 0.717) is 36.7 Å². The van der Waals surface area contributed by atoms with Gasteiger partial charge in [-0.3, -0.25) is 5.43 Å². The summed E-state index contributed by atoms with van der Waals surface area (Å²) in [6.07, 6.45) is -0.589. The second-order valence-corrected chi connectivity index (χ2v) is 7.24. The number of hydrogen-bond donors (Lipinski definition) is 3. The van der Waals surface area contributed by atoms with E-state index >= 15 is 0 Å². The zero-order valence-electron chi connectivity index (χ0n) is 16.5. The summed E-state index contributed by atoms with van der Waals surface area (Å²) in [5.74, 6) is -0.474. The maximum absolute atomic E-state index is 12.5. The van der Waals surface area contributed by atoms with Gasteiger partial charge in [-0.05, 0) is 45.0 Å². The van der Waals surface area contributed by atoms with E-state index < -0.39 is 18.2 Å². The van der Waals surface area contributed by atoms with E-state index in [9.17, 15) is 14.4 Å². The largest absolute Gasteiger partial charge is 0.462 e. The van der Waals surface area contributed by atoms with Crippen molar-refractivity contribution in [1.82, 2.24) is 15.8 Å². The molecule has 12 heteroatoms. The molecule has 0 bridgehead atoms. The van der Waals surface area contributed by atoms with Gasteiger partial charge in [-0.15, -0.1) is 11.3 Å². The van der Waals surface area contributed by atoms with E-state index in [2.05, 4.69) is 16.2 Å². The molecule has 1 aromatic heterocycles. The number of thiophene rings is 1. The van der Waals surface area contributed by atoms with E-state index in [1.54, 1.807) is 25.7 Å². The summed E-state index contributed by atoms with van der Waals surface area (Å²) in [5, 5.41) is 3.45. The summed E-state index contributed by atoms with van der Waals surface area (Å²) in [7, 11) is 0. The van der Waals surface area contributed by atoms with Gasteiger partial charge in [0.15, 0.2) is 5.11 Å². The number of ether oxygens (including phenoxy) is 3. The fourth-order valence-corrected chi connectivity index (χ4v) is 4.16. The number of hydrogen-bond acceptors (Lipinski definition) is 8. The molecule has 160 valence electrons. The predicted molar refractivity (Wildman–Crippen MR) is 111 cm³/mol. The summed E-state index contributed by atoms with van der Waals surface area (Å²) < 4.78 is 15.0. The molecular weight excluding hydrogens is 420 g/mol. The van der Waals surface area contributed by atoms with Crippen LogP contribution in [0.15, 0.2) is 0 Å². The quantitative estimate of drug-likeness (QED) is 0.272. The minimum atomic E-state index is -0.683. The van der Waals surface area contributed by atoms with Crippen LogP contribution in [-0.4, -0.2) is 54.5 Å². The third kappa shape index (κ3) is 5.94. The number of rotatable bonds is 5. The highest BCUT2D eigenvalue weighted by atomic mass is 32.1. The Hall–Kier alpha value is -2.60. The van der Waals surface area contributed by atoms with Gasteiger partial charge in [-0.2, -0.15) is 0 Å². The second-order valence-electron chi connectivity index (χ2n) is 5.72. The van der Waals surface area contributed by atoms with Crippen LogP contribution in [0.2, 0.25) is 0 Å². The topological polar surface area (TPSA) is 118 Å². The highest BCUT2D eigenvalue weighted by Crippen LogP contribution is 2.37. The average molecular weight is 445 g/mol. The third-order valence-electron chi connectivity index (χ3n) is 3.84. The molecule has 1 aromatic rings. The molecule has 0 atom stereocenters. The molecule has 0 radical (unpaired) electrons. The molecule has 0 aliphatic carbocycles. The third-order valence-corrected chi connectivity index (χ3v) is 5.18. The van der Waals surface area contributed by atoms with E-state index in [1.807, 2.05) is 0 Å². The Morgan fingerprint density at radius 3 is 2.41 bits per heavy atom. The number of hydrazine groups is 1. The number of carbonyl (C=O) groups excluding carboxylic acids is 3. The fourth-order valence-electron chi connectivity index (χ4n) is 2.69. The number of esters is 1. The van der Waals surface area contributed by atoms with Gasteiger partial charge in [-0.25, -0.2) is 19.8 Å². The highest BCUT2D eigenvalue weighted by Gasteiger charge is 2.31. The van der Waals surface area contributed by atoms with Gasteiger partial charge >= 0.3 is 18.2 Å². The average Bonchev–Trinajstić information content (AvgIpc) is 3.04. The zero-order chi connectivity index (χ0) is 21.4. The van der Waals surface area contributed by atoms with Crippen LogP contribution in [0.1, 0.15) is 41.6 Å². The Kier molecular flexibility index (Phi) is 8.46. The lowest BCUT2D eigenvalue weighted by atomic mass is 10.0. The van der Waals surface area contributed by atoms with Crippen molar-refractivity contribution in [3.8, 4) is 0 Å². The van der Waals surface area contributed by atoms with Gasteiger partial charge in [0.05, 0.1) is 31.9 Å². The maximum Gasteiger partial charge on any atom is 0.425 e. The van der Waals surface area contributed by atoms with Gasteiger partial charge in [0.1, 0.15) is 5.00 Å². The minimum Gasteiger partial charge on any atom is -0.462 e. The normalized spacial score (nSPS) is 12.4. The Morgan fingerprint density at radius 1 is 1.07 bits per heavy atom. The first-order valence-electron chi connectivity index (χ1n) is 9.14. The van der Waals surface area contributed by atoms with Gasteiger partial charge in [-0.1, -0.05) is 0 Å². The molecule has 0 spiro atoms. The van der Waals surface area contributed by atoms with Gasteiger partial charge in [0, 0.05) is 11.4 Å². The summed E-state index contributed by atoms with van der Waals surface area (Å²) in [6, 6.07) is 0. The fraction of sp³-hybridized carbons (Fsp3) is 0.529. The van der Waals surface area contributed by atoms with E-state index in [0.717, 1.165) is 10.4 Å². The molecular formula is C17H24N4O6S2. The Labute approximate surface area is 177 Å². The van der Waals surface area contributed by atoms with Crippen LogP contribution in [0.5, 0.6) is 0 Å². The Morgan fingerprint density at radius 2 is 1.76 bits per heavy atom. The number of carbonyl (C=O) groups is 3. The summed E-state index contributed by atoms with van der Waals surface area (Å²) in [5.41, 5.74) is 5.99. The lowest BCUT2D eigenvalue weighted by molar-refractivity contribution is 0.0526. The second kappa shape index (κ2) is 10.8. The lowest BCUT2D eigenvalue weighted by Gasteiger charge is -2.26. The van der Waals surface area contributed by atoms with Crippen LogP contribution in [0.25, 0.3) is 0 Å². The summed E-state index contributed by atoms with van der Waals surface area (Å²) in [4.78, 5) is 38.4. The summed E-state index contributed by atoms with van der Waals surface area (Å²) in [6.45, 7) is 6.65. The van der Waals surface area contributed by atoms with Crippen molar-refractivity contribution in [1.29, 1.82) is 0 Å². The number of nitrogens with one attached hydrogen (secondary N) is 3. The van der Waals surface area contributed by atoms with Gasteiger partial charge in [0.2, 0.25) is 0 Å². The Balaban J connectivity index is 2.19. The number of anilines is 1. The molecule has 0 unspecified atom stereocenters. The molecule has 10 nitrogen and oxygen atoms in total. The smallest absolute Gasteiger partial charge is 0.425 e. The maximum atomic E-state index is 12.5. The monoisotopic (exact) mass is 444 g/mol. The molecule has 0 saturated heterocycles. The summed E-state index contributed by atoms with van der Waals surface area (Å²) >= 11 is 6.46. The van der Waals surface area contributed by atoms with Crippen LogP contribution in [-0.2, 0) is 27.2 Å². The molecule has 2 heterocycles. The van der Waals surface area contributed by atoms with Crippen molar-refractivity contribution in [2.45, 2.75) is 33.7 Å². The SMILES string of the molecule is CCOC(=O)NNC(=S)Nc1sc2c(c1C(=O)OCC)CCN(C(=O)OCC)C2. The van der Waals surface area contributed by atoms with Crippen molar-refractivity contribution in [3.05, 3.63) is 16.0 Å². The molecule has 1 aliphatic rings. The molecule has 29 heavy (non-hydrogen) atoms. The molecule has 0 fully saturated rings. The van der Waals surface area contributed by atoms with Crippen molar-refractivity contribution in [2.75, 3.05) is 31.7 Å². The lowest BCUT2D eigenvalue weighted by Crippen LogP contribution is -2.44. The Bertz CT molecular complexity index is 782. The van der Waals surface area contributed by atoms with Gasteiger partial charge in [0.25, 0.3) is 0 Å². The van der Waals surface area contributed by atoms with Crippen LogP contribution in [0.3, 0.4) is 0 Å². The molecule has 1 aliphatic heterocycles. The van der Waals surface area contributed by atoms with Crippen molar-refractivity contribution in [2.24, 2.45) is 0 Å². The highest BCUT2D eigenvalue weighted by molar-refractivity contribution is 7.80. The first-order valence-corrected chi connectivity index (χ1v) is 10.4. The number of nitrogens with zero attached hydrogens (tertiary/aromatic N) is 1. The molecule has 2 rings (SSSR count). The molecule has 0 aromatic carbocycles. The van der Waals surface area contributed by atoms with Crippen LogP contribution >= 0.6 is 23.6 Å². The first-order chi connectivity index (χ1) is 13.9. The zero-order valence-corrected chi connectivity index (χ0v) is 18.1. The number of amides is 2. The number of fused-ring (bicyclic) bond motifs is 1. The van der Waals surface area contributed by atoms with Crippen LogP contribution < -0.4 is 16.2 Å². The molecule has 3 N–H and O–H groups in total. The molecule has 0 saturated carbocycles. The van der Waals surface area contributed by atoms with E-state index in [1.165, 1.54) is 11.3 Å². The standard InChI is InChI=1S/C17H24N4O6S2/c1-4-25-14(22)12-10-7-8-21(17(24)27-6-3)9-11(10)29-13(12)18-15(28)19-20-16(23)26-5-2/h4-9H2,1-3H3,(H,20,23)(H2,18,19,28). The first kappa shape index (κ1) is 22.7. The van der Waals surface area contributed by atoms with Crippen LogP contribution in [0.4, 0.5) is 14.6 Å². The number of thiocarbonyl (C=S) groups is 1. The van der Waals surface area contributed by atoms with Gasteiger partial charge < -0.3 is 24.4 Å². The van der Waals surface area contributed by atoms with Crippen molar-refractivity contribution in [3.63, 3.8) is 0 Å². The minimum absolute atomic E-state index is 0.0736. The predicted octanol–water partition coefficient (Wildman–Crippen LogP) is 2.39. The van der Waals surface area contributed by atoms with Crippen molar-refractivity contribution >= 4 is 51.8 Å². The van der Waals surface area contributed by atoms with Crippen molar-refractivity contribution < 1.29 is 28.6 Å².